The number of Topliss-reactive ketones (excluding diaryl/α,β-unsaturated/α-hetero) is 2. The van der Waals surface area contributed by atoms with Crippen LogP contribution < -0.4 is 0 Å². The van der Waals surface area contributed by atoms with Crippen LogP contribution in [0.1, 0.15) is 367 Å². The number of ketones is 2. The minimum Gasteiger partial charge on any atom is -0.513 e. The Bertz CT molecular complexity index is 2880. The molecule has 2 heterocycles. The number of rotatable bonds is 26. The number of aliphatic carboxylic acids is 3. The summed E-state index contributed by atoms with van der Waals surface area (Å²) in [4.78, 5) is 72.2. The molecule has 114 heavy (non-hydrogen) atoms. The van der Waals surface area contributed by atoms with Gasteiger partial charge < -0.3 is 50.0 Å². The first-order chi connectivity index (χ1) is 50.9. The van der Waals surface area contributed by atoms with Crippen molar-refractivity contribution in [1.29, 1.82) is 0 Å². The van der Waals surface area contributed by atoms with Gasteiger partial charge in [-0.2, -0.15) is 0 Å². The lowest BCUT2D eigenvalue weighted by atomic mass is 9.68. The fourth-order valence-electron chi connectivity index (χ4n) is 14.4. The van der Waals surface area contributed by atoms with Crippen molar-refractivity contribution >= 4 is 47.0 Å². The number of pyridine rings is 2. The van der Waals surface area contributed by atoms with E-state index < -0.39 is 23.9 Å². The summed E-state index contributed by atoms with van der Waals surface area (Å²) in [6.07, 6.45) is 25.4. The van der Waals surface area contributed by atoms with E-state index in [2.05, 4.69) is 154 Å². The molecule has 5 fully saturated rings. The van der Waals surface area contributed by atoms with Crippen LogP contribution in [0.2, 0.25) is 0 Å². The Labute approximate surface area is 696 Å². The fraction of sp³-hybridized carbons (Fsp3) is 0.711. The van der Waals surface area contributed by atoms with Gasteiger partial charge in [-0.05, 0) is 266 Å². The van der Waals surface area contributed by atoms with Gasteiger partial charge in [0.05, 0.1) is 48.9 Å². The first-order valence-corrected chi connectivity index (χ1v) is 41.1. The van der Waals surface area contributed by atoms with Gasteiger partial charge in [0.25, 0.3) is 0 Å². The summed E-state index contributed by atoms with van der Waals surface area (Å²) in [7, 11) is 1.60. The number of nitrogens with zero attached hydrogens (tertiary/aromatic N) is 2. The van der Waals surface area contributed by atoms with Crippen LogP contribution in [0.15, 0.2) is 86.4 Å². The lowest BCUT2D eigenvalue weighted by molar-refractivity contribution is -0.143. The third-order valence-corrected chi connectivity index (χ3v) is 22.1. The van der Waals surface area contributed by atoms with Gasteiger partial charge in [0.15, 0.2) is 0 Å². The maximum atomic E-state index is 10.9. The van der Waals surface area contributed by atoms with E-state index in [-0.39, 0.29) is 73.0 Å². The number of hydrogen-bond donors (Lipinski definition) is 7. The monoisotopic (exact) mass is 1610 g/mol. The van der Waals surface area contributed by atoms with Gasteiger partial charge in [0.1, 0.15) is 28.8 Å². The molecule has 0 bridgehead atoms. The van der Waals surface area contributed by atoms with Gasteiger partial charge in [0, 0.05) is 49.0 Å². The minimum absolute atomic E-state index is 0. The summed E-state index contributed by atoms with van der Waals surface area (Å²) in [6, 6.07) is 14.4. The summed E-state index contributed by atoms with van der Waals surface area (Å²) in [6.45, 7) is 53.9. The van der Waals surface area contributed by atoms with Crippen molar-refractivity contribution in [3.63, 3.8) is 0 Å². The number of carbonyl (C=O) groups is 6. The molecule has 660 valence electrons. The van der Waals surface area contributed by atoms with Crippen LogP contribution in [0.3, 0.4) is 0 Å². The van der Waals surface area contributed by atoms with Gasteiger partial charge in [-0.1, -0.05) is 200 Å². The van der Waals surface area contributed by atoms with E-state index in [0.29, 0.717) is 101 Å². The number of ether oxygens (including phenoxy) is 2. The maximum Gasteiger partial charge on any atom is 0.335 e. The van der Waals surface area contributed by atoms with Crippen LogP contribution in [-0.2, 0) is 33.4 Å². The number of allylic oxidation sites excluding steroid dienone is 1. The second kappa shape index (κ2) is 64.4. The Kier molecular flexibility index (Phi) is 66.7. The van der Waals surface area contributed by atoms with Crippen LogP contribution in [0.5, 0.6) is 0 Å². The Morgan fingerprint density at radius 2 is 0.868 bits per heavy atom. The van der Waals surface area contributed by atoms with Crippen LogP contribution in [0, 0.1) is 94.7 Å². The molecule has 7 N–H and O–H groups in total. The number of hydrogen-bond acceptors (Lipinski definition) is 13. The molecular formula is C97H172N2O15. The lowest BCUT2D eigenvalue weighted by Crippen LogP contribution is -2.31. The molecular weight excluding hydrogens is 1430 g/mol. The molecule has 1 aromatic carbocycles. The number of aliphatic hydroxyl groups excluding tert-OH is 3. The van der Waals surface area contributed by atoms with E-state index in [4.69, 9.17) is 40.1 Å². The van der Waals surface area contributed by atoms with Gasteiger partial charge >= 0.3 is 23.9 Å². The molecule has 2 aromatic heterocycles. The first-order valence-electron chi connectivity index (χ1n) is 41.1. The summed E-state index contributed by atoms with van der Waals surface area (Å²) < 4.78 is 10.2. The molecule has 5 aliphatic rings. The standard InChI is InChI=1S/C12H22O.C11H20O2.C11H20O.2C10H13NO.C10H20O4.C10H12O2.C9H16O2.C9H16O.5CH4/c1-9(2)12-6-4-11(5-7-12)8-10(3)13;1-8(2)7-9-3-5-10(6-4-9)11(12)13;1-8(2)10-4-6-11(7-5-10)9(3)12;1-7(2)10-5-4-9(6-11-10)8(3)12;1-7(2)9-4-5-10(8(3)12)11-6-9;1-8(2)6-9(7-10(11)12)14-5-4-13-3;1-7(2)8-3-5-9(6-4-8)10(11)12;1-6(2)7-3-4-8(5-7)9(10)11;1-6(2)8-4-9(5-8)7(3)10;;;;;/h9,11-12H,4-8H2,1-3H3;8-10H,3-7H2,1-2H3,(H,12,13);8,10-12H,3-7H2,1-2H3;2*4-7,12H,3H2,1-2H3;8-9H,4-7H2,1-3H3,(H,11,12);3-7H,1-2H3,(H,11,12);6-8H,3-5H2,1-2H3,(H,10,11);6,8-9H,4-5H2,1-3H3;5*1H4. The molecule has 8 rings (SSSR count). The molecule has 3 atom stereocenters. The molecule has 0 aliphatic heterocycles. The zero-order valence-corrected chi connectivity index (χ0v) is 71.5. The number of aromatic carboxylic acids is 1. The highest BCUT2D eigenvalue weighted by Crippen LogP contribution is 2.40. The van der Waals surface area contributed by atoms with Crippen molar-refractivity contribution < 1.29 is 74.0 Å². The number of aliphatic hydroxyl groups is 3. The van der Waals surface area contributed by atoms with Gasteiger partial charge in [-0.15, -0.1) is 0 Å². The van der Waals surface area contributed by atoms with E-state index >= 15 is 0 Å². The molecule has 5 saturated carbocycles. The Balaban J connectivity index is -0.000000286. The quantitative estimate of drug-likeness (QED) is 0.0290. The fourth-order valence-corrected chi connectivity index (χ4v) is 14.4. The topological polar surface area (TPSA) is 288 Å². The average Bonchev–Trinajstić information content (AvgIpc) is 1.00. The van der Waals surface area contributed by atoms with Crippen LogP contribution >= 0.6 is 0 Å². The largest absolute Gasteiger partial charge is 0.513 e. The van der Waals surface area contributed by atoms with Crippen molar-refractivity contribution in [3.8, 4) is 0 Å². The molecule has 3 unspecified atom stereocenters. The second-order valence-electron chi connectivity index (χ2n) is 34.5. The van der Waals surface area contributed by atoms with E-state index in [1.807, 2.05) is 30.3 Å². The molecule has 0 saturated heterocycles. The molecule has 0 amide bonds. The predicted molar refractivity (Wildman–Crippen MR) is 480 cm³/mol. The van der Waals surface area contributed by atoms with Crippen LogP contribution in [0.4, 0.5) is 0 Å². The summed E-state index contributed by atoms with van der Waals surface area (Å²) in [5.41, 5.74) is 4.93. The summed E-state index contributed by atoms with van der Waals surface area (Å²) >= 11 is 0. The van der Waals surface area contributed by atoms with E-state index in [1.54, 1.807) is 51.6 Å². The van der Waals surface area contributed by atoms with Gasteiger partial charge in [-0.25, -0.2) is 4.79 Å². The number of carboxylic acids is 4. The normalized spacial score (nSPS) is 20.5. The first kappa shape index (κ1) is 118. The Morgan fingerprint density at radius 1 is 0.439 bits per heavy atom. The van der Waals surface area contributed by atoms with E-state index in [9.17, 15) is 33.9 Å². The molecule has 3 aromatic rings. The highest BCUT2D eigenvalue weighted by Gasteiger charge is 2.34. The number of aromatic nitrogens is 2. The number of benzene rings is 1. The maximum absolute atomic E-state index is 10.9. The zero-order chi connectivity index (χ0) is 83.4. The van der Waals surface area contributed by atoms with Gasteiger partial charge in [-0.3, -0.25) is 29.1 Å². The van der Waals surface area contributed by atoms with Crippen molar-refractivity contribution in [1.82, 2.24) is 9.97 Å². The van der Waals surface area contributed by atoms with E-state index in [1.165, 1.54) is 56.1 Å². The van der Waals surface area contributed by atoms with Crippen molar-refractivity contribution in [2.24, 2.45) is 94.7 Å². The van der Waals surface area contributed by atoms with Crippen LogP contribution in [-0.4, -0.2) is 108 Å². The van der Waals surface area contributed by atoms with Crippen molar-refractivity contribution in [2.75, 3.05) is 20.3 Å². The Hall–Kier alpha value is -6.72. The zero-order valence-electron chi connectivity index (χ0n) is 71.5. The molecule has 0 spiro atoms. The van der Waals surface area contributed by atoms with Gasteiger partial charge in [0.2, 0.25) is 0 Å². The number of methoxy groups -OCH3 is 1. The Morgan fingerprint density at radius 3 is 1.19 bits per heavy atom. The van der Waals surface area contributed by atoms with Crippen molar-refractivity contribution in [2.45, 2.75) is 334 Å². The third kappa shape index (κ3) is 52.8. The average molecular weight is 1610 g/mol. The molecule has 17 heteroatoms. The highest BCUT2D eigenvalue weighted by atomic mass is 16.5. The lowest BCUT2D eigenvalue weighted by Gasteiger charge is -2.36. The summed E-state index contributed by atoms with van der Waals surface area (Å²) in [5, 5.41) is 62.0. The number of carboxylic acid groups (broad SMARTS) is 4. The SMILES string of the molecule is C.C.C.C.C.C=C(O)C1CCC(C(C)C)CC1.C=C(O)c1ccc(C(C)C)cn1.C=C(O)c1ccc(C(C)C)nc1.CC(=O)C1CC(C(C)C)C1.CC(=O)CC1CCC(C(C)C)CC1.CC(C)C1CCC(C(=O)O)C1.CC(C)CC1CCC(C(=O)O)CC1.CC(C)c1ccc(C(=O)O)cc1.COCCOC(CC(=O)O)CC(C)C. The molecule has 0 radical (unpaired) electrons. The van der Waals surface area contributed by atoms with E-state index in [0.717, 1.165) is 137 Å². The summed E-state index contributed by atoms with van der Waals surface area (Å²) in [5.74, 6) is 9.42. The smallest absolute Gasteiger partial charge is 0.335 e. The second-order valence-corrected chi connectivity index (χ2v) is 34.5. The third-order valence-electron chi connectivity index (χ3n) is 22.1. The minimum atomic E-state index is -0.870. The van der Waals surface area contributed by atoms with Crippen molar-refractivity contribution in [3.05, 3.63) is 120 Å². The molecule has 5 aliphatic carbocycles. The predicted octanol–water partition coefficient (Wildman–Crippen LogP) is 27.0. The molecule has 17 nitrogen and oxygen atoms in total. The highest BCUT2D eigenvalue weighted by molar-refractivity contribution is 5.87. The number of carbonyl (C=O) groups excluding carboxylic acids is 2. The van der Waals surface area contributed by atoms with Crippen LogP contribution in [0.25, 0.3) is 11.5 Å².